The normalized spacial score (nSPS) is 19.5. The van der Waals surface area contributed by atoms with Crippen molar-refractivity contribution >= 4 is 11.6 Å². The third-order valence-corrected chi connectivity index (χ3v) is 6.07. The molecule has 3 heterocycles. The van der Waals surface area contributed by atoms with Gasteiger partial charge in [-0.05, 0) is 48.8 Å². The van der Waals surface area contributed by atoms with Crippen molar-refractivity contribution in [2.24, 2.45) is 17.6 Å². The Morgan fingerprint density at radius 3 is 2.94 bits per heavy atom. The van der Waals surface area contributed by atoms with E-state index in [0.717, 1.165) is 36.9 Å². The van der Waals surface area contributed by atoms with Crippen LogP contribution in [0.1, 0.15) is 19.3 Å². The molecule has 2 aromatic rings. The van der Waals surface area contributed by atoms with E-state index >= 15 is 0 Å². The summed E-state index contributed by atoms with van der Waals surface area (Å²) in [6.07, 6.45) is 9.85. The molecule has 1 unspecified atom stereocenters. The van der Waals surface area contributed by atoms with Gasteiger partial charge in [-0.3, -0.25) is 9.59 Å². The smallest absolute Gasteiger partial charge is 0.271 e. The molecule has 0 aromatic carbocycles. The Hall–Kier alpha value is -3.13. The highest BCUT2D eigenvalue weighted by Crippen LogP contribution is 2.40. The van der Waals surface area contributed by atoms with Crippen LogP contribution in [0.5, 0.6) is 5.88 Å². The van der Waals surface area contributed by atoms with E-state index in [-0.39, 0.29) is 17.5 Å². The molecule has 4 rings (SSSR count). The number of rotatable bonds is 8. The molecule has 1 saturated carbocycles. The third-order valence-electron chi connectivity index (χ3n) is 6.07. The van der Waals surface area contributed by atoms with Gasteiger partial charge in [0.05, 0.1) is 7.11 Å². The maximum Gasteiger partial charge on any atom is 0.271 e. The summed E-state index contributed by atoms with van der Waals surface area (Å²) in [5, 5.41) is 3.53. The van der Waals surface area contributed by atoms with E-state index in [1.54, 1.807) is 31.7 Å². The van der Waals surface area contributed by atoms with E-state index in [2.05, 4.69) is 15.3 Å². The van der Waals surface area contributed by atoms with Crippen molar-refractivity contribution in [2.45, 2.75) is 25.3 Å². The third kappa shape index (κ3) is 4.96. The number of carbonyl (C=O) groups is 1. The van der Waals surface area contributed by atoms with Gasteiger partial charge in [0.15, 0.2) is 0 Å². The van der Waals surface area contributed by atoms with Gasteiger partial charge in [-0.1, -0.05) is 6.08 Å². The molecule has 0 spiro atoms. The van der Waals surface area contributed by atoms with E-state index in [4.69, 9.17) is 10.5 Å². The first-order valence-corrected chi connectivity index (χ1v) is 10.7. The van der Waals surface area contributed by atoms with E-state index in [9.17, 15) is 9.59 Å². The van der Waals surface area contributed by atoms with Gasteiger partial charge in [-0.15, -0.1) is 0 Å². The number of aromatic nitrogens is 2. The average molecular weight is 424 g/mol. The highest BCUT2D eigenvalue weighted by Gasteiger charge is 2.40. The van der Waals surface area contributed by atoms with Gasteiger partial charge in [-0.25, -0.2) is 4.98 Å². The summed E-state index contributed by atoms with van der Waals surface area (Å²) >= 11 is 0. The maximum atomic E-state index is 12.6. The summed E-state index contributed by atoms with van der Waals surface area (Å²) in [4.78, 5) is 33.7. The molecule has 0 bridgehead atoms. The van der Waals surface area contributed by atoms with Gasteiger partial charge in [0.2, 0.25) is 11.8 Å². The van der Waals surface area contributed by atoms with Gasteiger partial charge in [0.25, 0.3) is 5.56 Å². The standard InChI is InChI=1S/C23H29N5O3/c1-31-20-12-16(6-9-25-20)18-11-19(23(30)26-13-18)27-22(15-4-5-15)17-7-10-28(14-17)21(29)3-2-8-24/h2-3,6,9,11-13,15,17,22,27H,4-5,7-8,10,14,24H2,1H3,(H,26,30)/b3-2+/t17?,22-/m0/s1. The van der Waals surface area contributed by atoms with Gasteiger partial charge in [0, 0.05) is 55.8 Å². The first kappa shape index (κ1) is 21.1. The Balaban J connectivity index is 1.52. The van der Waals surface area contributed by atoms with Gasteiger partial charge in [-0.2, -0.15) is 0 Å². The number of nitrogens with one attached hydrogen (secondary N) is 2. The molecule has 4 N–H and O–H groups in total. The van der Waals surface area contributed by atoms with Crippen molar-refractivity contribution in [1.29, 1.82) is 0 Å². The molecular weight excluding hydrogens is 394 g/mol. The minimum atomic E-state index is -0.146. The molecular formula is C23H29N5O3. The number of aromatic amines is 1. The lowest BCUT2D eigenvalue weighted by Crippen LogP contribution is -2.36. The van der Waals surface area contributed by atoms with Crippen LogP contribution in [0.2, 0.25) is 0 Å². The van der Waals surface area contributed by atoms with E-state index in [1.165, 1.54) is 0 Å². The highest BCUT2D eigenvalue weighted by molar-refractivity contribution is 5.87. The Bertz CT molecular complexity index is 1010. The van der Waals surface area contributed by atoms with E-state index in [0.29, 0.717) is 36.5 Å². The number of likely N-dealkylation sites (tertiary alicyclic amines) is 1. The number of ether oxygens (including phenoxy) is 1. The maximum absolute atomic E-state index is 12.6. The van der Waals surface area contributed by atoms with Crippen LogP contribution in [0.4, 0.5) is 5.69 Å². The monoisotopic (exact) mass is 423 g/mol. The molecule has 164 valence electrons. The number of nitrogens with two attached hydrogens (primary N) is 1. The molecule has 8 nitrogen and oxygen atoms in total. The molecule has 2 aromatic heterocycles. The summed E-state index contributed by atoms with van der Waals surface area (Å²) in [6.45, 7) is 1.79. The first-order valence-electron chi connectivity index (χ1n) is 10.7. The number of amides is 1. The Kier molecular flexibility index (Phi) is 6.36. The second kappa shape index (κ2) is 9.34. The molecule has 0 radical (unpaired) electrons. The van der Waals surface area contributed by atoms with Crippen molar-refractivity contribution in [3.05, 3.63) is 53.1 Å². The summed E-state index contributed by atoms with van der Waals surface area (Å²) in [5.41, 5.74) is 7.66. The quantitative estimate of drug-likeness (QED) is 0.560. The fourth-order valence-electron chi connectivity index (χ4n) is 4.27. The summed E-state index contributed by atoms with van der Waals surface area (Å²) in [5.74, 6) is 1.37. The number of methoxy groups -OCH3 is 1. The zero-order valence-corrected chi connectivity index (χ0v) is 17.7. The molecule has 2 aliphatic rings. The number of anilines is 1. The van der Waals surface area contributed by atoms with Crippen molar-refractivity contribution in [2.75, 3.05) is 32.1 Å². The predicted molar refractivity (Wildman–Crippen MR) is 120 cm³/mol. The van der Waals surface area contributed by atoms with Crippen LogP contribution in [0.25, 0.3) is 11.1 Å². The SMILES string of the molecule is COc1cc(-c2c[nH]c(=O)c(N[C@@H](C3CC3)C3CCN(C(=O)/C=C/CN)C3)c2)ccn1. The van der Waals surface area contributed by atoms with Gasteiger partial charge < -0.3 is 25.7 Å². The number of carbonyl (C=O) groups excluding carboxylic acids is 1. The molecule has 1 saturated heterocycles. The topological polar surface area (TPSA) is 113 Å². The largest absolute Gasteiger partial charge is 0.481 e. The van der Waals surface area contributed by atoms with Crippen LogP contribution < -0.4 is 21.3 Å². The predicted octanol–water partition coefficient (Wildman–Crippen LogP) is 2.00. The Morgan fingerprint density at radius 1 is 1.35 bits per heavy atom. The molecule has 2 fully saturated rings. The fraction of sp³-hybridized carbons (Fsp3) is 0.435. The number of hydrogen-bond donors (Lipinski definition) is 3. The lowest BCUT2D eigenvalue weighted by atomic mass is 9.94. The molecule has 31 heavy (non-hydrogen) atoms. The molecule has 1 aliphatic carbocycles. The van der Waals surface area contributed by atoms with E-state index < -0.39 is 0 Å². The van der Waals surface area contributed by atoms with Crippen LogP contribution in [0, 0.1) is 11.8 Å². The van der Waals surface area contributed by atoms with Crippen molar-refractivity contribution in [3.63, 3.8) is 0 Å². The molecule has 1 aliphatic heterocycles. The molecule has 1 amide bonds. The lowest BCUT2D eigenvalue weighted by molar-refractivity contribution is -0.125. The fourth-order valence-corrected chi connectivity index (χ4v) is 4.27. The van der Waals surface area contributed by atoms with Crippen LogP contribution in [-0.4, -0.2) is 53.6 Å². The number of H-pyrrole nitrogens is 1. The Labute approximate surface area is 181 Å². The zero-order chi connectivity index (χ0) is 21.8. The van der Waals surface area contributed by atoms with Gasteiger partial charge in [0.1, 0.15) is 5.69 Å². The lowest BCUT2D eigenvalue weighted by Gasteiger charge is -2.26. The van der Waals surface area contributed by atoms with Gasteiger partial charge >= 0.3 is 0 Å². The summed E-state index contributed by atoms with van der Waals surface area (Å²) in [6, 6.07) is 5.77. The molecule has 2 atom stereocenters. The number of hydrogen-bond acceptors (Lipinski definition) is 6. The highest BCUT2D eigenvalue weighted by atomic mass is 16.5. The summed E-state index contributed by atoms with van der Waals surface area (Å²) < 4.78 is 5.21. The van der Waals surface area contributed by atoms with Crippen LogP contribution in [0.3, 0.4) is 0 Å². The molecule has 8 heteroatoms. The van der Waals surface area contributed by atoms with Crippen molar-refractivity contribution in [3.8, 4) is 17.0 Å². The minimum Gasteiger partial charge on any atom is -0.481 e. The average Bonchev–Trinajstić information content (AvgIpc) is 3.52. The van der Waals surface area contributed by atoms with Crippen LogP contribution >= 0.6 is 0 Å². The van der Waals surface area contributed by atoms with Crippen LogP contribution in [0.15, 0.2) is 47.5 Å². The van der Waals surface area contributed by atoms with E-state index in [1.807, 2.05) is 23.1 Å². The van der Waals surface area contributed by atoms with Crippen molar-refractivity contribution < 1.29 is 9.53 Å². The number of pyridine rings is 2. The second-order valence-electron chi connectivity index (χ2n) is 8.20. The van der Waals surface area contributed by atoms with Crippen LogP contribution in [-0.2, 0) is 4.79 Å². The summed E-state index contributed by atoms with van der Waals surface area (Å²) in [7, 11) is 1.58. The number of nitrogens with zero attached hydrogens (tertiary/aromatic N) is 2. The zero-order valence-electron chi connectivity index (χ0n) is 17.7. The first-order chi connectivity index (χ1) is 15.1. The van der Waals surface area contributed by atoms with Crippen molar-refractivity contribution in [1.82, 2.24) is 14.9 Å². The second-order valence-corrected chi connectivity index (χ2v) is 8.20. The Morgan fingerprint density at radius 2 is 2.19 bits per heavy atom. The minimum absolute atomic E-state index is 0.00831.